The zero-order chi connectivity index (χ0) is 28.4. The van der Waals surface area contributed by atoms with Gasteiger partial charge in [0.25, 0.3) is 0 Å². The largest absolute Gasteiger partial charge is 0.465 e. The predicted octanol–water partition coefficient (Wildman–Crippen LogP) is 7.58. The maximum Gasteiger partial charge on any atom is 0.338 e. The van der Waals surface area contributed by atoms with Crippen molar-refractivity contribution in [3.63, 3.8) is 0 Å². The average molecular weight is 662 g/mol. The molecule has 0 aliphatic rings. The van der Waals surface area contributed by atoms with E-state index in [4.69, 9.17) is 9.47 Å². The highest BCUT2D eigenvalue weighted by Gasteiger charge is 2.17. The van der Waals surface area contributed by atoms with Gasteiger partial charge in [-0.25, -0.2) is 24.7 Å². The van der Waals surface area contributed by atoms with Gasteiger partial charge in [-0.1, -0.05) is 6.07 Å². The lowest BCUT2D eigenvalue weighted by atomic mass is 10.1. The Morgan fingerprint density at radius 1 is 0.897 bits per heavy atom. The summed E-state index contributed by atoms with van der Waals surface area (Å²) in [6.07, 6.45) is 3.40. The molecule has 39 heavy (non-hydrogen) atoms. The summed E-state index contributed by atoms with van der Waals surface area (Å²) < 4.78 is 29.2. The van der Waals surface area contributed by atoms with E-state index in [-0.39, 0.29) is 12.1 Å². The third kappa shape index (κ3) is 6.11. The Balaban J connectivity index is 0.000000212. The molecule has 0 fully saturated rings. The van der Waals surface area contributed by atoms with Crippen LogP contribution in [0.5, 0.6) is 11.6 Å². The van der Waals surface area contributed by atoms with Crippen LogP contribution in [0.15, 0.2) is 52.2 Å². The van der Waals surface area contributed by atoms with E-state index >= 15 is 0 Å². The molecule has 12 heteroatoms. The van der Waals surface area contributed by atoms with Crippen molar-refractivity contribution in [2.45, 2.75) is 46.7 Å². The molecule has 0 aliphatic carbocycles. The number of aromatic nitrogens is 6. The number of rotatable bonds is 5. The van der Waals surface area contributed by atoms with Crippen molar-refractivity contribution in [1.29, 1.82) is 0 Å². The van der Waals surface area contributed by atoms with Gasteiger partial charge in [-0.05, 0) is 96.3 Å². The van der Waals surface area contributed by atoms with Crippen LogP contribution in [0.1, 0.15) is 55.7 Å². The van der Waals surface area contributed by atoms with Crippen LogP contribution in [0.3, 0.4) is 0 Å². The molecule has 0 amide bonds. The number of halogens is 3. The SMILES string of the molecule is CC(C)n1cnc2cc(Br)nc(F)c21.COC(=O)c1cc(Oc2nc(Br)cc3ncn(C(C)C)c23)ccc1C. The molecule has 0 saturated carbocycles. The number of methoxy groups -OCH3 is 1. The maximum atomic E-state index is 13.5. The van der Waals surface area contributed by atoms with Crippen molar-refractivity contribution >= 4 is 59.9 Å². The minimum Gasteiger partial charge on any atom is -0.465 e. The van der Waals surface area contributed by atoms with Gasteiger partial charge >= 0.3 is 5.97 Å². The molecule has 0 aliphatic heterocycles. The van der Waals surface area contributed by atoms with Gasteiger partial charge in [-0.15, -0.1) is 0 Å². The minimum atomic E-state index is -0.486. The molecule has 0 saturated heterocycles. The third-order valence-electron chi connectivity index (χ3n) is 5.91. The molecule has 204 valence electrons. The fourth-order valence-corrected chi connectivity index (χ4v) is 4.69. The van der Waals surface area contributed by atoms with E-state index in [1.807, 2.05) is 37.5 Å². The first-order valence-electron chi connectivity index (χ1n) is 12.1. The van der Waals surface area contributed by atoms with Crippen LogP contribution in [0, 0.1) is 12.9 Å². The normalized spacial score (nSPS) is 11.3. The number of imidazole rings is 2. The van der Waals surface area contributed by atoms with E-state index in [0.717, 1.165) is 16.6 Å². The highest BCUT2D eigenvalue weighted by Crippen LogP contribution is 2.32. The summed E-state index contributed by atoms with van der Waals surface area (Å²) in [7, 11) is 1.36. The van der Waals surface area contributed by atoms with Crippen LogP contribution in [-0.4, -0.2) is 42.1 Å². The smallest absolute Gasteiger partial charge is 0.338 e. The Kier molecular flexibility index (Phi) is 8.65. The average Bonchev–Trinajstić information content (AvgIpc) is 3.50. The van der Waals surface area contributed by atoms with Gasteiger partial charge in [0.05, 0.1) is 36.4 Å². The van der Waals surface area contributed by atoms with Crippen molar-refractivity contribution in [2.24, 2.45) is 0 Å². The Labute approximate surface area is 241 Å². The van der Waals surface area contributed by atoms with Gasteiger partial charge < -0.3 is 18.6 Å². The summed E-state index contributed by atoms with van der Waals surface area (Å²) >= 11 is 6.52. The lowest BCUT2D eigenvalue weighted by molar-refractivity contribution is 0.0599. The fourth-order valence-electron chi connectivity index (χ4n) is 3.94. The number of ether oxygens (including phenoxy) is 2. The number of pyridine rings is 2. The Bertz CT molecular complexity index is 1660. The van der Waals surface area contributed by atoms with Gasteiger partial charge in [-0.2, -0.15) is 4.39 Å². The fraction of sp³-hybridized carbons (Fsp3) is 0.296. The van der Waals surface area contributed by atoms with E-state index < -0.39 is 11.9 Å². The maximum absolute atomic E-state index is 13.5. The van der Waals surface area contributed by atoms with Crippen LogP contribution in [0.4, 0.5) is 4.39 Å². The zero-order valence-electron chi connectivity index (χ0n) is 22.2. The molecule has 9 nitrogen and oxygen atoms in total. The minimum absolute atomic E-state index is 0.178. The standard InChI is InChI=1S/C18H18BrN3O3.C9H9BrFN3/c1-10(2)22-9-20-14-8-15(19)21-17(16(14)22)25-12-6-5-11(3)13(7-12)18(23)24-4;1-5(2)14-4-12-6-3-7(10)13-9(11)8(6)14/h5-10H,1-4H3;3-5H,1-2H3. The third-order valence-corrected chi connectivity index (χ3v) is 6.72. The van der Waals surface area contributed by atoms with Crippen LogP contribution < -0.4 is 4.74 Å². The highest BCUT2D eigenvalue weighted by atomic mass is 79.9. The summed E-state index contributed by atoms with van der Waals surface area (Å²) in [5, 5.41) is 0. The van der Waals surface area contributed by atoms with Crippen LogP contribution >= 0.6 is 31.9 Å². The number of hydrogen-bond donors (Lipinski definition) is 0. The second kappa shape index (κ2) is 11.8. The topological polar surface area (TPSA) is 96.9 Å². The number of carbonyl (C=O) groups is 1. The highest BCUT2D eigenvalue weighted by molar-refractivity contribution is 9.10. The van der Waals surface area contributed by atoms with Crippen molar-refractivity contribution in [1.82, 2.24) is 29.1 Å². The Hall–Kier alpha value is -3.38. The van der Waals surface area contributed by atoms with Crippen molar-refractivity contribution in [2.75, 3.05) is 7.11 Å². The lowest BCUT2D eigenvalue weighted by Crippen LogP contribution is -2.04. The molecule has 0 radical (unpaired) electrons. The number of esters is 1. The predicted molar refractivity (Wildman–Crippen MR) is 154 cm³/mol. The molecular weight excluding hydrogens is 635 g/mol. The van der Waals surface area contributed by atoms with Crippen LogP contribution in [0.25, 0.3) is 22.1 Å². The molecule has 0 spiro atoms. The first-order chi connectivity index (χ1) is 18.5. The van der Waals surface area contributed by atoms with Gasteiger partial charge in [0.1, 0.15) is 26.0 Å². The molecule has 4 aromatic heterocycles. The van der Waals surface area contributed by atoms with Crippen LogP contribution in [0.2, 0.25) is 0 Å². The zero-order valence-corrected chi connectivity index (χ0v) is 25.4. The quantitative estimate of drug-likeness (QED) is 0.142. The van der Waals surface area contributed by atoms with E-state index in [0.29, 0.717) is 37.4 Å². The Morgan fingerprint density at radius 2 is 1.46 bits per heavy atom. The summed E-state index contributed by atoms with van der Waals surface area (Å²) in [4.78, 5) is 28.6. The number of hydrogen-bond acceptors (Lipinski definition) is 7. The number of aryl methyl sites for hydroxylation is 1. The van der Waals surface area contributed by atoms with Gasteiger partial charge in [-0.3, -0.25) is 0 Å². The molecule has 5 aromatic rings. The van der Waals surface area contributed by atoms with Crippen LogP contribution in [-0.2, 0) is 4.74 Å². The Morgan fingerprint density at radius 3 is 2.05 bits per heavy atom. The van der Waals surface area contributed by atoms with Crippen molar-refractivity contribution in [3.8, 4) is 11.6 Å². The second-order valence-corrected chi connectivity index (χ2v) is 10.9. The summed E-state index contributed by atoms with van der Waals surface area (Å²) in [5.74, 6) is 0.0488. The van der Waals surface area contributed by atoms with Crippen molar-refractivity contribution < 1.29 is 18.7 Å². The molecule has 4 heterocycles. The number of carbonyl (C=O) groups excluding carboxylic acids is 1. The molecule has 0 unspecified atom stereocenters. The summed E-state index contributed by atoms with van der Waals surface area (Å²) in [6, 6.07) is 9.21. The van der Waals surface area contributed by atoms with E-state index in [2.05, 4.69) is 65.6 Å². The van der Waals surface area contributed by atoms with Gasteiger partial charge in [0.2, 0.25) is 11.8 Å². The molecule has 1 aromatic carbocycles. The number of benzene rings is 1. The molecular formula is C27H27Br2FN6O3. The first-order valence-corrected chi connectivity index (χ1v) is 13.7. The number of fused-ring (bicyclic) bond motifs is 2. The molecule has 5 rings (SSSR count). The molecule has 0 bridgehead atoms. The van der Waals surface area contributed by atoms with E-state index in [9.17, 15) is 9.18 Å². The van der Waals surface area contributed by atoms with Crippen molar-refractivity contribution in [3.05, 3.63) is 69.3 Å². The molecule has 0 N–H and O–H groups in total. The summed E-state index contributed by atoms with van der Waals surface area (Å²) in [5.41, 5.74) is 3.95. The van der Waals surface area contributed by atoms with Gasteiger partial charge in [0, 0.05) is 12.1 Å². The molecule has 0 atom stereocenters. The monoisotopic (exact) mass is 660 g/mol. The van der Waals surface area contributed by atoms with E-state index in [1.165, 1.54) is 7.11 Å². The van der Waals surface area contributed by atoms with Gasteiger partial charge in [0.15, 0.2) is 0 Å². The lowest BCUT2D eigenvalue weighted by Gasteiger charge is -2.13. The number of nitrogens with zero attached hydrogens (tertiary/aromatic N) is 6. The van der Waals surface area contributed by atoms with E-state index in [1.54, 1.807) is 35.4 Å². The first kappa shape index (κ1) is 28.6. The second-order valence-electron chi connectivity index (χ2n) is 9.28. The summed E-state index contributed by atoms with van der Waals surface area (Å²) in [6.45, 7) is 9.92.